The third kappa shape index (κ3) is 7.09. The molecule has 0 saturated carbocycles. The summed E-state index contributed by atoms with van der Waals surface area (Å²) < 4.78 is 45.6. The van der Waals surface area contributed by atoms with E-state index in [9.17, 15) is 0 Å². The van der Waals surface area contributed by atoms with Gasteiger partial charge in [-0.3, -0.25) is 0 Å². The smallest absolute Gasteiger partial charge is 0.225 e. The highest BCUT2D eigenvalue weighted by molar-refractivity contribution is 6.31. The number of fused-ring (bicyclic) bond motifs is 2. The van der Waals surface area contributed by atoms with Gasteiger partial charge in [-0.1, -0.05) is 69.8 Å². The molecular weight excluding hydrogens is 568 g/mol. The van der Waals surface area contributed by atoms with Crippen LogP contribution in [0.15, 0.2) is 42.5 Å². The van der Waals surface area contributed by atoms with Gasteiger partial charge in [-0.15, -0.1) is 0 Å². The van der Waals surface area contributed by atoms with Crippen LogP contribution in [0, 0.1) is 0 Å². The van der Waals surface area contributed by atoms with Gasteiger partial charge in [0.25, 0.3) is 0 Å². The molecule has 3 fully saturated rings. The van der Waals surface area contributed by atoms with E-state index in [1.54, 1.807) is 0 Å². The van der Waals surface area contributed by atoms with Crippen molar-refractivity contribution in [2.24, 2.45) is 0 Å². The summed E-state index contributed by atoms with van der Waals surface area (Å²) in [6.07, 6.45) is 5.19. The first-order valence-electron chi connectivity index (χ1n) is 16.3. The SMILES string of the molecule is CCCCO[C@@H]1[C@@H](OCCCC)[C@@]2(c3ccc(Cl)c(Cc4ccc(OCC)cc4)c3)OC[C@](C3CO3)(O2)[C@H]1OCCCC. The Bertz CT molecular complexity index is 1160. The first-order chi connectivity index (χ1) is 21.0. The van der Waals surface area contributed by atoms with E-state index < -0.39 is 17.5 Å². The highest BCUT2D eigenvalue weighted by Gasteiger charge is 2.73. The lowest BCUT2D eigenvalue weighted by Gasteiger charge is -2.50. The maximum Gasteiger partial charge on any atom is 0.225 e. The zero-order valence-electron chi connectivity index (χ0n) is 26.3. The van der Waals surface area contributed by atoms with Gasteiger partial charge in [0.05, 0.1) is 19.8 Å². The minimum Gasteiger partial charge on any atom is -0.494 e. The number of hydrogen-bond acceptors (Lipinski definition) is 7. The Kier molecular flexibility index (Phi) is 11.4. The lowest BCUT2D eigenvalue weighted by Crippen LogP contribution is -2.68. The molecular formula is C35H49ClO7. The van der Waals surface area contributed by atoms with Crippen LogP contribution < -0.4 is 4.74 Å². The number of unbranched alkanes of at least 4 members (excludes halogenated alkanes) is 3. The van der Waals surface area contributed by atoms with E-state index in [0.29, 0.717) is 51.1 Å². The van der Waals surface area contributed by atoms with Crippen molar-refractivity contribution in [3.63, 3.8) is 0 Å². The third-order valence-corrected chi connectivity index (χ3v) is 9.03. The minimum atomic E-state index is -1.18. The molecule has 3 saturated heterocycles. The highest BCUT2D eigenvalue weighted by Crippen LogP contribution is 2.56. The van der Waals surface area contributed by atoms with Crippen molar-refractivity contribution in [3.05, 3.63) is 64.2 Å². The molecule has 5 rings (SSSR count). The second kappa shape index (κ2) is 15.0. The molecule has 0 aliphatic carbocycles. The fourth-order valence-electron chi connectivity index (χ4n) is 6.18. The molecule has 2 aromatic carbocycles. The minimum absolute atomic E-state index is 0.120. The van der Waals surface area contributed by atoms with E-state index in [1.807, 2.05) is 31.2 Å². The Balaban J connectivity index is 1.52. The van der Waals surface area contributed by atoms with Crippen molar-refractivity contribution in [3.8, 4) is 5.75 Å². The van der Waals surface area contributed by atoms with Crippen molar-refractivity contribution in [2.45, 2.75) is 108 Å². The van der Waals surface area contributed by atoms with Crippen LogP contribution in [0.4, 0.5) is 0 Å². The van der Waals surface area contributed by atoms with Crippen LogP contribution >= 0.6 is 11.6 Å². The summed E-state index contributed by atoms with van der Waals surface area (Å²) in [4.78, 5) is 0. The average Bonchev–Trinajstić information content (AvgIpc) is 3.81. The second-order valence-corrected chi connectivity index (χ2v) is 12.3. The molecule has 0 spiro atoms. The molecule has 0 aromatic heterocycles. The molecule has 0 radical (unpaired) electrons. The average molecular weight is 617 g/mol. The lowest BCUT2D eigenvalue weighted by atomic mass is 9.81. The predicted molar refractivity (Wildman–Crippen MR) is 167 cm³/mol. The summed E-state index contributed by atoms with van der Waals surface area (Å²) in [5, 5.41) is 0.694. The molecule has 1 unspecified atom stereocenters. The normalized spacial score (nSPS) is 29.6. The number of benzene rings is 2. The largest absolute Gasteiger partial charge is 0.494 e. The second-order valence-electron chi connectivity index (χ2n) is 11.9. The van der Waals surface area contributed by atoms with Crippen molar-refractivity contribution in [2.75, 3.05) is 39.6 Å². The third-order valence-electron chi connectivity index (χ3n) is 8.66. The lowest BCUT2D eigenvalue weighted by molar-refractivity contribution is -0.347. The maximum atomic E-state index is 7.16. The zero-order chi connectivity index (χ0) is 30.3. The standard InChI is InChI=1S/C35H49ClO7/c1-5-9-18-38-31-32(39-19-10-6-2)34(30-23-41-30)24-42-35(43-34,33(31)40-20-11-7-3)27-14-17-29(36)26(22-27)21-25-12-15-28(16-13-25)37-8-4/h12-17,22,30-33H,5-11,18-21,23-24H2,1-4H3/t30?,31-,32-,33+,34+,35-/m0/s1. The molecule has 3 aliphatic rings. The zero-order valence-corrected chi connectivity index (χ0v) is 27.0. The molecule has 0 N–H and O–H groups in total. The molecule has 3 aliphatic heterocycles. The molecule has 238 valence electrons. The Labute approximate surface area is 262 Å². The van der Waals surface area contributed by atoms with Gasteiger partial charge >= 0.3 is 0 Å². The molecule has 2 bridgehead atoms. The summed E-state index contributed by atoms with van der Waals surface area (Å²) in [7, 11) is 0. The Morgan fingerprint density at radius 2 is 1.49 bits per heavy atom. The molecule has 2 aromatic rings. The molecule has 6 atom stereocenters. The van der Waals surface area contributed by atoms with E-state index >= 15 is 0 Å². The quantitative estimate of drug-likeness (QED) is 0.129. The van der Waals surface area contributed by atoms with Crippen LogP contribution in [0.1, 0.15) is 82.9 Å². The van der Waals surface area contributed by atoms with Gasteiger partial charge in [0.15, 0.2) is 5.60 Å². The van der Waals surface area contributed by atoms with E-state index in [1.165, 1.54) is 0 Å². The fourth-order valence-corrected chi connectivity index (χ4v) is 6.36. The first kappa shape index (κ1) is 32.7. The van der Waals surface area contributed by atoms with Crippen LogP contribution in [-0.4, -0.2) is 69.7 Å². The van der Waals surface area contributed by atoms with E-state index in [-0.39, 0.29) is 18.3 Å². The molecule has 3 heterocycles. The van der Waals surface area contributed by atoms with Gasteiger partial charge in [0.1, 0.15) is 30.2 Å². The van der Waals surface area contributed by atoms with Gasteiger partial charge in [-0.05, 0) is 68.0 Å². The van der Waals surface area contributed by atoms with Crippen molar-refractivity contribution in [1.29, 1.82) is 0 Å². The molecule has 43 heavy (non-hydrogen) atoms. The van der Waals surface area contributed by atoms with Crippen LogP contribution in [0.5, 0.6) is 5.75 Å². The number of rotatable bonds is 18. The Morgan fingerprint density at radius 3 is 2.12 bits per heavy atom. The summed E-state index contributed by atoms with van der Waals surface area (Å²) in [5.41, 5.74) is 2.21. The van der Waals surface area contributed by atoms with Crippen molar-refractivity contribution in [1.82, 2.24) is 0 Å². The van der Waals surface area contributed by atoms with Gasteiger partial charge in [0, 0.05) is 30.4 Å². The monoisotopic (exact) mass is 616 g/mol. The topological polar surface area (TPSA) is 67.9 Å². The summed E-state index contributed by atoms with van der Waals surface area (Å²) in [5.74, 6) is -0.324. The molecule has 8 heteroatoms. The number of ether oxygens (including phenoxy) is 7. The number of halogens is 1. The predicted octanol–water partition coefficient (Wildman–Crippen LogP) is 7.24. The van der Waals surface area contributed by atoms with Crippen LogP contribution in [-0.2, 0) is 40.6 Å². The van der Waals surface area contributed by atoms with E-state index in [2.05, 4.69) is 39.0 Å². The van der Waals surface area contributed by atoms with Gasteiger partial charge in [-0.25, -0.2) is 0 Å². The van der Waals surface area contributed by atoms with Crippen LogP contribution in [0.2, 0.25) is 5.02 Å². The van der Waals surface area contributed by atoms with Gasteiger partial charge in [0.2, 0.25) is 5.79 Å². The van der Waals surface area contributed by atoms with Gasteiger partial charge in [-0.2, -0.15) is 0 Å². The molecule has 0 amide bonds. The number of epoxide rings is 1. The van der Waals surface area contributed by atoms with Gasteiger partial charge < -0.3 is 33.2 Å². The van der Waals surface area contributed by atoms with E-state index in [4.69, 9.17) is 44.8 Å². The van der Waals surface area contributed by atoms with E-state index in [0.717, 1.165) is 61.0 Å². The van der Waals surface area contributed by atoms with Crippen LogP contribution in [0.25, 0.3) is 0 Å². The van der Waals surface area contributed by atoms with Crippen molar-refractivity contribution < 1.29 is 33.2 Å². The molecule has 7 nitrogen and oxygen atoms in total. The summed E-state index contributed by atoms with van der Waals surface area (Å²) >= 11 is 6.80. The highest BCUT2D eigenvalue weighted by atomic mass is 35.5. The van der Waals surface area contributed by atoms with Crippen LogP contribution in [0.3, 0.4) is 0 Å². The number of hydrogen-bond donors (Lipinski definition) is 0. The Morgan fingerprint density at radius 1 is 0.837 bits per heavy atom. The summed E-state index contributed by atoms with van der Waals surface area (Å²) in [6, 6.07) is 14.2. The Hall–Kier alpha value is -1.71. The van der Waals surface area contributed by atoms with Crippen molar-refractivity contribution >= 4 is 11.6 Å². The first-order valence-corrected chi connectivity index (χ1v) is 16.7. The maximum absolute atomic E-state index is 7.16. The summed E-state index contributed by atoms with van der Waals surface area (Å²) in [6.45, 7) is 11.9. The fraction of sp³-hybridized carbons (Fsp3) is 0.657.